The fourth-order valence-corrected chi connectivity index (χ4v) is 4.35. The third kappa shape index (κ3) is 4.33. The molecule has 1 aromatic heterocycles. The highest BCUT2D eigenvalue weighted by molar-refractivity contribution is 6.00. The Morgan fingerprint density at radius 3 is 2.68 bits per heavy atom. The van der Waals surface area contributed by atoms with E-state index in [0.29, 0.717) is 60.2 Å². The molecule has 0 saturated carbocycles. The molecule has 34 heavy (non-hydrogen) atoms. The first-order valence-electron chi connectivity index (χ1n) is 11.7. The van der Waals surface area contributed by atoms with Crippen LogP contribution in [0.2, 0.25) is 0 Å². The lowest BCUT2D eigenvalue weighted by molar-refractivity contribution is 0.0732. The van der Waals surface area contributed by atoms with Gasteiger partial charge in [0.15, 0.2) is 11.5 Å². The summed E-state index contributed by atoms with van der Waals surface area (Å²) in [6, 6.07) is 10.6. The van der Waals surface area contributed by atoms with Crippen LogP contribution in [-0.2, 0) is 0 Å². The zero-order chi connectivity index (χ0) is 24.2. The van der Waals surface area contributed by atoms with Crippen molar-refractivity contribution in [3.05, 3.63) is 58.8 Å². The molecule has 3 N–H and O–H groups in total. The number of carbonyl (C=O) groups excluding carboxylic acids is 1. The van der Waals surface area contributed by atoms with E-state index < -0.39 is 6.04 Å². The van der Waals surface area contributed by atoms with E-state index in [2.05, 4.69) is 10.2 Å². The smallest absolute Gasteiger partial charge is 0.273 e. The minimum atomic E-state index is -0.456. The topological polar surface area (TPSA) is 108 Å². The van der Waals surface area contributed by atoms with Gasteiger partial charge in [-0.05, 0) is 56.5 Å². The van der Waals surface area contributed by atoms with Crippen molar-refractivity contribution in [1.29, 1.82) is 0 Å². The molecule has 0 saturated heterocycles. The molecule has 1 aliphatic rings. The van der Waals surface area contributed by atoms with Crippen molar-refractivity contribution in [2.75, 3.05) is 26.4 Å². The van der Waals surface area contributed by atoms with E-state index in [1.165, 1.54) is 0 Å². The third-order valence-electron chi connectivity index (χ3n) is 5.87. The van der Waals surface area contributed by atoms with E-state index in [0.717, 1.165) is 17.5 Å². The summed E-state index contributed by atoms with van der Waals surface area (Å²) in [5, 5.41) is 27.3. The van der Waals surface area contributed by atoms with Gasteiger partial charge in [-0.2, -0.15) is 5.10 Å². The lowest BCUT2D eigenvalue weighted by Crippen LogP contribution is -2.31. The van der Waals surface area contributed by atoms with E-state index in [1.807, 2.05) is 51.1 Å². The van der Waals surface area contributed by atoms with Crippen LogP contribution in [-0.4, -0.2) is 57.6 Å². The molecule has 0 aliphatic carbocycles. The number of fused-ring (bicyclic) bond motifs is 1. The van der Waals surface area contributed by atoms with Crippen molar-refractivity contribution in [2.45, 2.75) is 39.7 Å². The van der Waals surface area contributed by atoms with Crippen LogP contribution in [0.5, 0.6) is 17.2 Å². The predicted octanol–water partition coefficient (Wildman–Crippen LogP) is 4.21. The quantitative estimate of drug-likeness (QED) is 0.414. The molecular weight excluding hydrogens is 434 g/mol. The molecule has 180 valence electrons. The molecule has 0 fully saturated rings. The molecule has 0 spiro atoms. The van der Waals surface area contributed by atoms with Crippen LogP contribution in [0, 0.1) is 6.92 Å². The maximum Gasteiger partial charge on any atom is 0.273 e. The number of hydrogen-bond acceptors (Lipinski definition) is 6. The van der Waals surface area contributed by atoms with Gasteiger partial charge in [0.1, 0.15) is 17.1 Å². The number of ether oxygens (including phenoxy) is 2. The molecule has 1 amide bonds. The van der Waals surface area contributed by atoms with Gasteiger partial charge in [-0.25, -0.2) is 0 Å². The van der Waals surface area contributed by atoms with Gasteiger partial charge in [0.05, 0.1) is 19.3 Å². The summed E-state index contributed by atoms with van der Waals surface area (Å²) in [6.45, 7) is 7.30. The lowest BCUT2D eigenvalue weighted by atomic mass is 9.94. The summed E-state index contributed by atoms with van der Waals surface area (Å²) in [6.07, 6.45) is 1.32. The summed E-state index contributed by atoms with van der Waals surface area (Å²) in [5.74, 6) is 1.17. The Morgan fingerprint density at radius 1 is 1.12 bits per heavy atom. The number of aliphatic hydroxyl groups is 1. The molecule has 0 bridgehead atoms. The number of nitrogens with one attached hydrogen (secondary N) is 1. The van der Waals surface area contributed by atoms with Crippen LogP contribution in [0.4, 0.5) is 0 Å². The normalized spacial score (nSPS) is 15.0. The van der Waals surface area contributed by atoms with Crippen LogP contribution in [0.1, 0.15) is 59.9 Å². The Labute approximate surface area is 199 Å². The van der Waals surface area contributed by atoms with Crippen molar-refractivity contribution in [3.8, 4) is 28.5 Å². The fraction of sp³-hybridized carbons (Fsp3) is 0.385. The average Bonchev–Trinajstić information content (AvgIpc) is 3.37. The minimum Gasteiger partial charge on any atom is -0.507 e. The van der Waals surface area contributed by atoms with Gasteiger partial charge in [-0.1, -0.05) is 24.6 Å². The fourth-order valence-electron chi connectivity index (χ4n) is 4.35. The monoisotopic (exact) mass is 465 g/mol. The Hall–Kier alpha value is -3.52. The number of aryl methyl sites for hydroxylation is 1. The summed E-state index contributed by atoms with van der Waals surface area (Å²) in [7, 11) is 0. The summed E-state index contributed by atoms with van der Waals surface area (Å²) < 4.78 is 11.7. The molecule has 1 atom stereocenters. The Morgan fingerprint density at radius 2 is 1.94 bits per heavy atom. The minimum absolute atomic E-state index is 0.0256. The van der Waals surface area contributed by atoms with E-state index in [9.17, 15) is 15.0 Å². The van der Waals surface area contributed by atoms with Gasteiger partial charge < -0.3 is 24.6 Å². The molecule has 1 aliphatic heterocycles. The lowest BCUT2D eigenvalue weighted by Gasteiger charge is -2.27. The summed E-state index contributed by atoms with van der Waals surface area (Å²) in [5.41, 5.74) is 4.00. The number of aliphatic hydroxyl groups excluding tert-OH is 1. The number of benzene rings is 2. The van der Waals surface area contributed by atoms with Crippen molar-refractivity contribution in [2.24, 2.45) is 0 Å². The first kappa shape index (κ1) is 23.6. The highest BCUT2D eigenvalue weighted by atomic mass is 16.5. The van der Waals surface area contributed by atoms with Gasteiger partial charge in [0, 0.05) is 24.3 Å². The van der Waals surface area contributed by atoms with Crippen molar-refractivity contribution < 1.29 is 24.5 Å². The van der Waals surface area contributed by atoms with E-state index in [1.54, 1.807) is 11.0 Å². The predicted molar refractivity (Wildman–Crippen MR) is 128 cm³/mol. The van der Waals surface area contributed by atoms with E-state index >= 15 is 0 Å². The number of carbonyl (C=O) groups is 1. The molecule has 8 heteroatoms. The number of aromatic hydroxyl groups is 1. The standard InChI is InChI=1S/C26H31N3O5/c1-4-13-34-20-10-8-17(15-21(20)33-5-2)25-22-23(18-14-16(3)7-9-19(18)31)27-28-24(22)26(32)29(25)11-6-12-30/h7-10,14-15,25,30-31H,4-6,11-13H2,1-3H3,(H,27,28)/t25-/m0/s1. The number of nitrogens with zero attached hydrogens (tertiary/aromatic N) is 2. The summed E-state index contributed by atoms with van der Waals surface area (Å²) >= 11 is 0. The zero-order valence-electron chi connectivity index (χ0n) is 19.8. The van der Waals surface area contributed by atoms with Gasteiger partial charge >= 0.3 is 0 Å². The first-order valence-corrected chi connectivity index (χ1v) is 11.7. The van der Waals surface area contributed by atoms with Crippen molar-refractivity contribution in [1.82, 2.24) is 15.1 Å². The first-order chi connectivity index (χ1) is 16.5. The average molecular weight is 466 g/mol. The van der Waals surface area contributed by atoms with Crippen molar-refractivity contribution in [3.63, 3.8) is 0 Å². The number of H-pyrrole nitrogens is 1. The number of hydrogen-bond donors (Lipinski definition) is 3. The summed E-state index contributed by atoms with van der Waals surface area (Å²) in [4.78, 5) is 15.1. The Bertz CT molecular complexity index is 1170. The highest BCUT2D eigenvalue weighted by Crippen LogP contribution is 2.46. The maximum atomic E-state index is 13.4. The molecule has 0 unspecified atom stereocenters. The Balaban J connectivity index is 1.86. The van der Waals surface area contributed by atoms with Crippen LogP contribution >= 0.6 is 0 Å². The third-order valence-corrected chi connectivity index (χ3v) is 5.87. The largest absolute Gasteiger partial charge is 0.507 e. The second-order valence-corrected chi connectivity index (χ2v) is 8.35. The van der Waals surface area contributed by atoms with Crippen LogP contribution < -0.4 is 9.47 Å². The number of phenols is 1. The van der Waals surface area contributed by atoms with Crippen LogP contribution in [0.3, 0.4) is 0 Å². The van der Waals surface area contributed by atoms with E-state index in [4.69, 9.17) is 9.47 Å². The number of aromatic amines is 1. The molecule has 2 heterocycles. The van der Waals surface area contributed by atoms with Gasteiger partial charge in [0.25, 0.3) is 5.91 Å². The SMILES string of the molecule is CCCOc1ccc([C@H]2c3c(-c4cc(C)ccc4O)n[nH]c3C(=O)N2CCCO)cc1OCC. The van der Waals surface area contributed by atoms with E-state index in [-0.39, 0.29) is 18.3 Å². The van der Waals surface area contributed by atoms with Crippen molar-refractivity contribution >= 4 is 5.91 Å². The molecule has 2 aromatic carbocycles. The zero-order valence-corrected chi connectivity index (χ0v) is 19.8. The van der Waals surface area contributed by atoms with Crippen LogP contribution in [0.25, 0.3) is 11.3 Å². The number of aromatic nitrogens is 2. The van der Waals surface area contributed by atoms with Gasteiger partial charge in [-0.3, -0.25) is 9.89 Å². The number of rotatable bonds is 10. The molecule has 3 aromatic rings. The number of amides is 1. The molecular formula is C26H31N3O5. The second kappa shape index (κ2) is 10.2. The van der Waals surface area contributed by atoms with Gasteiger partial charge in [0.2, 0.25) is 0 Å². The number of phenolic OH excluding ortho intramolecular Hbond substituents is 1. The second-order valence-electron chi connectivity index (χ2n) is 8.35. The molecule has 8 nitrogen and oxygen atoms in total. The maximum absolute atomic E-state index is 13.4. The molecule has 4 rings (SSSR count). The van der Waals surface area contributed by atoms with Crippen LogP contribution in [0.15, 0.2) is 36.4 Å². The van der Waals surface area contributed by atoms with Gasteiger partial charge in [-0.15, -0.1) is 0 Å². The Kier molecular flexibility index (Phi) is 7.07. The highest BCUT2D eigenvalue weighted by Gasteiger charge is 2.42. The molecule has 0 radical (unpaired) electrons.